The maximum atomic E-state index is 13.9. The van der Waals surface area contributed by atoms with Crippen molar-refractivity contribution in [2.45, 2.75) is 57.6 Å². The van der Waals surface area contributed by atoms with Crippen molar-refractivity contribution in [1.29, 1.82) is 0 Å². The van der Waals surface area contributed by atoms with E-state index in [4.69, 9.17) is 11.6 Å². The quantitative estimate of drug-likeness (QED) is 0.283. The van der Waals surface area contributed by atoms with Crippen LogP contribution in [0.15, 0.2) is 82.2 Å². The van der Waals surface area contributed by atoms with Crippen LogP contribution >= 0.6 is 27.5 Å². The number of amides is 2. The van der Waals surface area contributed by atoms with Gasteiger partial charge < -0.3 is 10.2 Å². The zero-order valence-corrected chi connectivity index (χ0v) is 25.6. The molecule has 0 aliphatic heterocycles. The van der Waals surface area contributed by atoms with Gasteiger partial charge in [-0.1, -0.05) is 70.3 Å². The molecule has 0 aromatic heterocycles. The summed E-state index contributed by atoms with van der Waals surface area (Å²) in [5, 5.41) is 3.47. The third-order valence-electron chi connectivity index (χ3n) is 6.42. The van der Waals surface area contributed by atoms with E-state index in [9.17, 15) is 18.0 Å². The molecule has 0 heterocycles. The Bertz CT molecular complexity index is 1400. The second kappa shape index (κ2) is 13.5. The lowest BCUT2D eigenvalue weighted by Gasteiger charge is -2.32. The van der Waals surface area contributed by atoms with E-state index >= 15 is 0 Å². The molecule has 208 valence electrons. The minimum absolute atomic E-state index is 0.0627. The summed E-state index contributed by atoms with van der Waals surface area (Å²) in [6.45, 7) is 6.95. The van der Waals surface area contributed by atoms with Gasteiger partial charge in [0.05, 0.1) is 10.6 Å². The van der Waals surface area contributed by atoms with Gasteiger partial charge in [-0.15, -0.1) is 0 Å². The molecule has 0 saturated heterocycles. The lowest BCUT2D eigenvalue weighted by molar-refractivity contribution is -0.139. The summed E-state index contributed by atoms with van der Waals surface area (Å²) >= 11 is 9.44. The van der Waals surface area contributed by atoms with Crippen molar-refractivity contribution in [1.82, 2.24) is 10.2 Å². The van der Waals surface area contributed by atoms with E-state index < -0.39 is 28.5 Å². The first kappa shape index (κ1) is 30.7. The predicted molar refractivity (Wildman–Crippen MR) is 159 cm³/mol. The van der Waals surface area contributed by atoms with Gasteiger partial charge in [0.25, 0.3) is 10.0 Å². The Balaban J connectivity index is 2.02. The number of anilines is 1. The Kier molecular flexibility index (Phi) is 10.6. The van der Waals surface area contributed by atoms with E-state index in [1.54, 1.807) is 67.6 Å². The molecule has 3 aromatic carbocycles. The van der Waals surface area contributed by atoms with Crippen LogP contribution in [-0.4, -0.2) is 43.8 Å². The van der Waals surface area contributed by atoms with Gasteiger partial charge in [0.15, 0.2) is 0 Å². The van der Waals surface area contributed by atoms with Crippen LogP contribution in [0.1, 0.15) is 38.3 Å². The smallest absolute Gasteiger partial charge is 0.264 e. The van der Waals surface area contributed by atoms with E-state index in [0.29, 0.717) is 15.2 Å². The summed E-state index contributed by atoms with van der Waals surface area (Å²) in [4.78, 5) is 28.5. The van der Waals surface area contributed by atoms with Crippen molar-refractivity contribution < 1.29 is 18.0 Å². The number of aryl methyl sites for hydroxylation is 1. The Hall–Kier alpha value is -2.88. The molecule has 7 nitrogen and oxygen atoms in total. The van der Waals surface area contributed by atoms with E-state index in [-0.39, 0.29) is 23.4 Å². The van der Waals surface area contributed by atoms with Gasteiger partial charge in [0.2, 0.25) is 11.8 Å². The zero-order chi connectivity index (χ0) is 28.7. The first-order valence-corrected chi connectivity index (χ1v) is 15.2. The molecule has 0 bridgehead atoms. The summed E-state index contributed by atoms with van der Waals surface area (Å²) in [6.07, 6.45) is 0.731. The maximum absolute atomic E-state index is 13.9. The van der Waals surface area contributed by atoms with Crippen molar-refractivity contribution in [3.05, 3.63) is 93.4 Å². The number of nitrogens with one attached hydrogen (secondary N) is 1. The number of nitrogens with zero attached hydrogens (tertiary/aromatic N) is 2. The van der Waals surface area contributed by atoms with Gasteiger partial charge in [-0.3, -0.25) is 13.9 Å². The highest BCUT2D eigenvalue weighted by atomic mass is 79.9. The molecule has 1 N–H and O–H groups in total. The summed E-state index contributed by atoms with van der Waals surface area (Å²) in [5.41, 5.74) is 1.99. The van der Waals surface area contributed by atoms with E-state index in [1.807, 2.05) is 20.8 Å². The molecule has 3 rings (SSSR count). The third kappa shape index (κ3) is 8.06. The molecule has 0 aliphatic carbocycles. The topological polar surface area (TPSA) is 86.8 Å². The zero-order valence-electron chi connectivity index (χ0n) is 22.4. The molecule has 0 saturated carbocycles. The Morgan fingerprint density at radius 1 is 1.00 bits per heavy atom. The normalized spacial score (nSPS) is 12.9. The Labute approximate surface area is 244 Å². The number of benzene rings is 3. The summed E-state index contributed by atoms with van der Waals surface area (Å²) in [5.74, 6) is -0.838. The van der Waals surface area contributed by atoms with Crippen LogP contribution in [0.5, 0.6) is 0 Å². The molecular weight excluding hydrogens is 602 g/mol. The van der Waals surface area contributed by atoms with Crippen LogP contribution in [-0.2, 0) is 26.2 Å². The minimum Gasteiger partial charge on any atom is -0.352 e. The summed E-state index contributed by atoms with van der Waals surface area (Å²) < 4.78 is 29.4. The van der Waals surface area contributed by atoms with Crippen LogP contribution in [0.25, 0.3) is 0 Å². The monoisotopic (exact) mass is 633 g/mol. The summed E-state index contributed by atoms with van der Waals surface area (Å²) in [6, 6.07) is 19.2. The van der Waals surface area contributed by atoms with E-state index in [0.717, 1.165) is 21.9 Å². The standard InChI is InChI=1S/C29H33BrClN3O4S/c1-5-21(3)32-29(36)22(4)33(18-23-11-13-25(31)14-12-23)28(35)19-34(26-8-6-7-24(30)17-26)39(37,38)27-15-9-20(2)10-16-27/h6-17,21-22H,5,18-19H2,1-4H3,(H,32,36). The molecule has 3 aromatic rings. The van der Waals surface area contributed by atoms with Crippen molar-refractivity contribution in [3.63, 3.8) is 0 Å². The third-order valence-corrected chi connectivity index (χ3v) is 8.95. The fourth-order valence-electron chi connectivity index (χ4n) is 3.83. The fraction of sp³-hybridized carbons (Fsp3) is 0.310. The fourth-order valence-corrected chi connectivity index (χ4v) is 5.75. The average molecular weight is 635 g/mol. The Morgan fingerprint density at radius 2 is 1.64 bits per heavy atom. The van der Waals surface area contributed by atoms with Crippen molar-refractivity contribution in [3.8, 4) is 0 Å². The molecule has 2 unspecified atom stereocenters. The summed E-state index contributed by atoms with van der Waals surface area (Å²) in [7, 11) is -4.12. The van der Waals surface area contributed by atoms with Crippen LogP contribution in [0, 0.1) is 6.92 Å². The lowest BCUT2D eigenvalue weighted by Crippen LogP contribution is -2.52. The van der Waals surface area contributed by atoms with Crippen LogP contribution < -0.4 is 9.62 Å². The molecular formula is C29H33BrClN3O4S. The molecule has 0 radical (unpaired) electrons. The van der Waals surface area contributed by atoms with Gasteiger partial charge in [0, 0.05) is 22.1 Å². The van der Waals surface area contributed by atoms with Crippen LogP contribution in [0.2, 0.25) is 5.02 Å². The number of carbonyl (C=O) groups excluding carboxylic acids is 2. The number of carbonyl (C=O) groups is 2. The molecule has 2 atom stereocenters. The molecule has 10 heteroatoms. The Morgan fingerprint density at radius 3 is 2.23 bits per heavy atom. The SMILES string of the molecule is CCC(C)NC(=O)C(C)N(Cc1ccc(Cl)cc1)C(=O)CN(c1cccc(Br)c1)S(=O)(=O)c1ccc(C)cc1. The lowest BCUT2D eigenvalue weighted by atomic mass is 10.1. The van der Waals surface area contributed by atoms with E-state index in [1.165, 1.54) is 17.0 Å². The first-order valence-electron chi connectivity index (χ1n) is 12.6. The molecule has 2 amide bonds. The van der Waals surface area contributed by atoms with E-state index in [2.05, 4.69) is 21.2 Å². The van der Waals surface area contributed by atoms with Crippen molar-refractivity contribution in [2.75, 3.05) is 10.8 Å². The number of rotatable bonds is 11. The molecule has 0 spiro atoms. The van der Waals surface area contributed by atoms with Gasteiger partial charge in [0.1, 0.15) is 12.6 Å². The number of halogens is 2. The van der Waals surface area contributed by atoms with Crippen LogP contribution in [0.3, 0.4) is 0 Å². The van der Waals surface area contributed by atoms with Gasteiger partial charge >= 0.3 is 0 Å². The number of sulfonamides is 1. The minimum atomic E-state index is -4.12. The van der Waals surface area contributed by atoms with Gasteiger partial charge in [-0.25, -0.2) is 8.42 Å². The van der Waals surface area contributed by atoms with Crippen molar-refractivity contribution >= 4 is 55.1 Å². The number of hydrogen-bond donors (Lipinski definition) is 1. The second-order valence-corrected chi connectivity index (χ2v) is 12.7. The van der Waals surface area contributed by atoms with Crippen LogP contribution in [0.4, 0.5) is 5.69 Å². The predicted octanol–water partition coefficient (Wildman–Crippen LogP) is 5.94. The van der Waals surface area contributed by atoms with Gasteiger partial charge in [-0.05, 0) is 75.2 Å². The average Bonchev–Trinajstić information content (AvgIpc) is 2.90. The second-order valence-electron chi connectivity index (χ2n) is 9.45. The largest absolute Gasteiger partial charge is 0.352 e. The van der Waals surface area contributed by atoms with Gasteiger partial charge in [-0.2, -0.15) is 0 Å². The molecule has 0 aliphatic rings. The highest BCUT2D eigenvalue weighted by Crippen LogP contribution is 2.27. The molecule has 0 fully saturated rings. The highest BCUT2D eigenvalue weighted by molar-refractivity contribution is 9.10. The highest BCUT2D eigenvalue weighted by Gasteiger charge is 2.32. The number of hydrogen-bond acceptors (Lipinski definition) is 4. The maximum Gasteiger partial charge on any atom is 0.264 e. The first-order chi connectivity index (χ1) is 18.4. The molecule has 39 heavy (non-hydrogen) atoms. The van der Waals surface area contributed by atoms with Crippen molar-refractivity contribution in [2.24, 2.45) is 0 Å².